The van der Waals surface area contributed by atoms with E-state index in [0.29, 0.717) is 20.9 Å². The Kier molecular flexibility index (Phi) is 5.25. The third-order valence-electron chi connectivity index (χ3n) is 4.12. The zero-order chi connectivity index (χ0) is 18.8. The normalized spacial score (nSPS) is 11.8. The molecule has 0 bridgehead atoms. The predicted molar refractivity (Wildman–Crippen MR) is 103 cm³/mol. The van der Waals surface area contributed by atoms with Crippen molar-refractivity contribution in [2.24, 2.45) is 4.99 Å². The fourth-order valence-corrected chi connectivity index (χ4v) is 3.93. The van der Waals surface area contributed by atoms with Crippen LogP contribution >= 0.6 is 22.9 Å². The summed E-state index contributed by atoms with van der Waals surface area (Å²) in [5.41, 5.74) is 3.29. The van der Waals surface area contributed by atoms with Gasteiger partial charge in [-0.05, 0) is 49.2 Å². The van der Waals surface area contributed by atoms with E-state index in [1.54, 1.807) is 16.7 Å². The van der Waals surface area contributed by atoms with E-state index < -0.39 is 5.97 Å². The molecule has 5 nitrogen and oxygen atoms in total. The van der Waals surface area contributed by atoms with E-state index in [2.05, 4.69) is 4.99 Å². The van der Waals surface area contributed by atoms with Crippen LogP contribution in [0.1, 0.15) is 21.5 Å². The number of esters is 1. The Morgan fingerprint density at radius 1 is 1.19 bits per heavy atom. The molecular weight excluding hydrogens is 372 g/mol. The molecule has 0 saturated heterocycles. The first-order chi connectivity index (χ1) is 12.4. The monoisotopic (exact) mass is 388 g/mol. The number of methoxy groups -OCH3 is 1. The predicted octanol–water partition coefficient (Wildman–Crippen LogP) is 3.89. The van der Waals surface area contributed by atoms with Crippen molar-refractivity contribution < 1.29 is 14.3 Å². The number of hydrogen-bond acceptors (Lipinski definition) is 4. The summed E-state index contributed by atoms with van der Waals surface area (Å²) in [5.74, 6) is -0.806. The van der Waals surface area contributed by atoms with Crippen molar-refractivity contribution in [2.45, 2.75) is 20.4 Å². The number of fused-ring (bicyclic) bond motifs is 1. The summed E-state index contributed by atoms with van der Waals surface area (Å²) in [6, 6.07) is 10.9. The number of carbonyl (C=O) groups excluding carboxylic acids is 2. The number of amides is 1. The minimum absolute atomic E-state index is 0.0702. The lowest BCUT2D eigenvalue weighted by molar-refractivity contribution is -0.141. The molecule has 134 valence electrons. The van der Waals surface area contributed by atoms with Crippen molar-refractivity contribution in [3.05, 3.63) is 62.9 Å². The van der Waals surface area contributed by atoms with E-state index in [4.69, 9.17) is 16.3 Å². The molecule has 0 aliphatic carbocycles. The second kappa shape index (κ2) is 7.43. The molecule has 26 heavy (non-hydrogen) atoms. The standard InChI is InChI=1S/C19H17ClN2O3S/c1-11-7-8-13(9-12(11)2)18(24)21-19-22(10-16(23)25-3)17-14(20)5-4-6-15(17)26-19/h4-9H,10H2,1-3H3. The van der Waals surface area contributed by atoms with Crippen LogP contribution in [0.25, 0.3) is 10.2 Å². The van der Waals surface area contributed by atoms with Gasteiger partial charge >= 0.3 is 5.97 Å². The Labute approximate surface area is 159 Å². The van der Waals surface area contributed by atoms with E-state index >= 15 is 0 Å². The van der Waals surface area contributed by atoms with Crippen LogP contribution in [0.5, 0.6) is 0 Å². The van der Waals surface area contributed by atoms with Crippen molar-refractivity contribution in [3.8, 4) is 0 Å². The van der Waals surface area contributed by atoms with Crippen molar-refractivity contribution in [2.75, 3.05) is 7.11 Å². The molecule has 0 atom stereocenters. The summed E-state index contributed by atoms with van der Waals surface area (Å²) < 4.78 is 7.22. The number of carbonyl (C=O) groups is 2. The maximum absolute atomic E-state index is 12.6. The lowest BCUT2D eigenvalue weighted by Crippen LogP contribution is -2.22. The second-order valence-electron chi connectivity index (χ2n) is 5.85. The van der Waals surface area contributed by atoms with E-state index in [1.165, 1.54) is 18.4 Å². The fourth-order valence-electron chi connectivity index (χ4n) is 2.54. The van der Waals surface area contributed by atoms with Crippen molar-refractivity contribution in [3.63, 3.8) is 0 Å². The first-order valence-electron chi connectivity index (χ1n) is 7.91. The van der Waals surface area contributed by atoms with Gasteiger partial charge in [0.05, 0.1) is 22.3 Å². The molecule has 0 saturated carbocycles. The molecule has 0 aliphatic heterocycles. The molecule has 1 aromatic heterocycles. The molecule has 3 aromatic rings. The largest absolute Gasteiger partial charge is 0.468 e. The van der Waals surface area contributed by atoms with Crippen LogP contribution < -0.4 is 4.80 Å². The number of rotatable bonds is 3. The van der Waals surface area contributed by atoms with Crippen LogP contribution in [0.3, 0.4) is 0 Å². The summed E-state index contributed by atoms with van der Waals surface area (Å²) in [7, 11) is 1.32. The van der Waals surface area contributed by atoms with Gasteiger partial charge in [0.15, 0.2) is 4.80 Å². The van der Waals surface area contributed by atoms with Crippen LogP contribution in [-0.4, -0.2) is 23.6 Å². The number of benzene rings is 2. The first kappa shape index (κ1) is 18.4. The molecule has 0 fully saturated rings. The third kappa shape index (κ3) is 3.57. The number of nitrogens with zero attached hydrogens (tertiary/aromatic N) is 2. The van der Waals surface area contributed by atoms with Gasteiger partial charge in [0.25, 0.3) is 5.91 Å². The molecule has 0 unspecified atom stereocenters. The van der Waals surface area contributed by atoms with E-state index in [0.717, 1.165) is 15.8 Å². The minimum Gasteiger partial charge on any atom is -0.468 e. The Bertz CT molecular complexity index is 1080. The summed E-state index contributed by atoms with van der Waals surface area (Å²) in [4.78, 5) is 29.1. The van der Waals surface area contributed by atoms with E-state index in [-0.39, 0.29) is 12.5 Å². The van der Waals surface area contributed by atoms with Crippen LogP contribution in [-0.2, 0) is 16.1 Å². The first-order valence-corrected chi connectivity index (χ1v) is 9.11. The molecule has 1 amide bonds. The van der Waals surface area contributed by atoms with Gasteiger partial charge in [-0.25, -0.2) is 0 Å². The van der Waals surface area contributed by atoms with Gasteiger partial charge in [0.1, 0.15) is 6.54 Å². The average Bonchev–Trinajstić information content (AvgIpc) is 2.95. The van der Waals surface area contributed by atoms with Crippen LogP contribution in [0.15, 0.2) is 41.4 Å². The molecule has 0 aliphatic rings. The van der Waals surface area contributed by atoms with E-state index in [1.807, 2.05) is 38.1 Å². The average molecular weight is 389 g/mol. The number of hydrogen-bond donors (Lipinski definition) is 0. The van der Waals surface area contributed by atoms with Gasteiger partial charge in [0, 0.05) is 5.56 Å². The van der Waals surface area contributed by atoms with Gasteiger partial charge in [-0.2, -0.15) is 4.99 Å². The van der Waals surface area contributed by atoms with Crippen LogP contribution in [0.4, 0.5) is 0 Å². The Balaban J connectivity index is 2.16. The zero-order valence-electron chi connectivity index (χ0n) is 14.6. The number of thiazole rings is 1. The van der Waals surface area contributed by atoms with Crippen LogP contribution in [0, 0.1) is 13.8 Å². The SMILES string of the molecule is COC(=O)Cn1c(=NC(=O)c2ccc(C)c(C)c2)sc2cccc(Cl)c21. The Morgan fingerprint density at radius 3 is 2.65 bits per heavy atom. The molecule has 7 heteroatoms. The van der Waals surface area contributed by atoms with Gasteiger partial charge in [-0.15, -0.1) is 0 Å². The number of aromatic nitrogens is 1. The Morgan fingerprint density at radius 2 is 1.96 bits per heavy atom. The quantitative estimate of drug-likeness (QED) is 0.639. The van der Waals surface area contributed by atoms with Crippen molar-refractivity contribution in [1.82, 2.24) is 4.57 Å². The molecule has 2 aromatic carbocycles. The highest BCUT2D eigenvalue weighted by Crippen LogP contribution is 2.25. The van der Waals surface area contributed by atoms with Gasteiger partial charge in [-0.3, -0.25) is 9.59 Å². The zero-order valence-corrected chi connectivity index (χ0v) is 16.1. The minimum atomic E-state index is -0.440. The molecule has 0 N–H and O–H groups in total. The summed E-state index contributed by atoms with van der Waals surface area (Å²) in [5, 5.41) is 0.489. The van der Waals surface area contributed by atoms with Crippen molar-refractivity contribution in [1.29, 1.82) is 0 Å². The maximum atomic E-state index is 12.6. The van der Waals surface area contributed by atoms with E-state index in [9.17, 15) is 9.59 Å². The highest BCUT2D eigenvalue weighted by Gasteiger charge is 2.14. The summed E-state index contributed by atoms with van der Waals surface area (Å²) >= 11 is 7.61. The van der Waals surface area contributed by atoms with Crippen molar-refractivity contribution >= 4 is 45.0 Å². The molecule has 0 radical (unpaired) electrons. The van der Waals surface area contributed by atoms with Gasteiger partial charge in [-0.1, -0.05) is 35.1 Å². The molecule has 0 spiro atoms. The summed E-state index contributed by atoms with van der Waals surface area (Å²) in [6.07, 6.45) is 0. The number of ether oxygens (including phenoxy) is 1. The lowest BCUT2D eigenvalue weighted by Gasteiger charge is -2.05. The molecular formula is C19H17ClN2O3S. The molecule has 3 rings (SSSR count). The summed E-state index contributed by atoms with van der Waals surface area (Å²) in [6.45, 7) is 3.86. The maximum Gasteiger partial charge on any atom is 0.325 e. The highest BCUT2D eigenvalue weighted by atomic mass is 35.5. The third-order valence-corrected chi connectivity index (χ3v) is 5.47. The smallest absolute Gasteiger partial charge is 0.325 e. The number of para-hydroxylation sites is 1. The highest BCUT2D eigenvalue weighted by molar-refractivity contribution is 7.16. The second-order valence-corrected chi connectivity index (χ2v) is 7.27. The number of halogens is 1. The topological polar surface area (TPSA) is 60.7 Å². The lowest BCUT2D eigenvalue weighted by atomic mass is 10.1. The fraction of sp³-hybridized carbons (Fsp3) is 0.211. The van der Waals surface area contributed by atoms with Gasteiger partial charge < -0.3 is 9.30 Å². The molecule has 1 heterocycles. The Hall–Kier alpha value is -2.44. The number of aryl methyl sites for hydroxylation is 2. The van der Waals surface area contributed by atoms with Crippen LogP contribution in [0.2, 0.25) is 5.02 Å². The van der Waals surface area contributed by atoms with Gasteiger partial charge in [0.2, 0.25) is 0 Å².